The minimum atomic E-state index is -0.780. The second kappa shape index (κ2) is 23.1. The normalized spacial score (nSPS) is 38.2. The van der Waals surface area contributed by atoms with Crippen molar-refractivity contribution >= 4 is 46.4 Å². The van der Waals surface area contributed by atoms with Crippen molar-refractivity contribution < 1.29 is 34.1 Å². The fourth-order valence-corrected chi connectivity index (χ4v) is 9.45. The molecule has 0 aromatic rings. The van der Waals surface area contributed by atoms with Crippen LogP contribution in [0, 0.1) is 11.8 Å². The smallest absolute Gasteiger partial charge is 0.305 e. The molecule has 0 aliphatic carbocycles. The Hall–Kier alpha value is 1.88. The predicted molar refractivity (Wildman–Crippen MR) is 206 cm³/mol. The molecule has 0 amide bonds. The fraction of sp³-hybridized carbons (Fsp3) is 1.00. The number of fused-ring (bicyclic) bond motifs is 6. The Morgan fingerprint density at radius 1 is 0.531 bits per heavy atom. The molecular formula is C35H70Cl4Mn2N8+4. The third kappa shape index (κ3) is 17.9. The van der Waals surface area contributed by atoms with Crippen LogP contribution in [-0.2, 0) is 34.1 Å². The van der Waals surface area contributed by atoms with Crippen molar-refractivity contribution in [2.75, 3.05) is 153 Å². The van der Waals surface area contributed by atoms with Gasteiger partial charge in [0.2, 0.25) is 0 Å². The molecule has 0 aromatic carbocycles. The van der Waals surface area contributed by atoms with E-state index in [1.807, 2.05) is 0 Å². The molecule has 4 rings (SSSR count). The average Bonchev–Trinajstić information content (AvgIpc) is 2.95. The first-order valence-electron chi connectivity index (χ1n) is 18.4. The molecule has 0 saturated carbocycles. The number of hydrogen-bond acceptors (Lipinski definition) is 8. The fourth-order valence-electron chi connectivity index (χ4n) is 8.01. The van der Waals surface area contributed by atoms with E-state index in [-0.39, 0.29) is 43.9 Å². The van der Waals surface area contributed by atoms with E-state index < -0.39 is 4.46 Å². The zero-order valence-corrected chi connectivity index (χ0v) is 37.4. The van der Waals surface area contributed by atoms with Crippen LogP contribution in [0.5, 0.6) is 0 Å². The molecule has 4 saturated heterocycles. The zero-order chi connectivity index (χ0) is 34.8. The molecule has 4 aliphatic rings. The molecule has 8 unspecified atom stereocenters. The van der Waals surface area contributed by atoms with Crippen LogP contribution in [0.25, 0.3) is 0 Å². The van der Waals surface area contributed by atoms with E-state index in [0.29, 0.717) is 11.8 Å². The Labute approximate surface area is 343 Å². The average molecular weight is 855 g/mol. The van der Waals surface area contributed by atoms with E-state index in [0.717, 1.165) is 131 Å². The molecule has 4 aliphatic heterocycles. The number of hydrogen-bond donors (Lipinski definition) is 0. The molecule has 14 heteroatoms. The maximum absolute atomic E-state index is 7.06. The summed E-state index contributed by atoms with van der Waals surface area (Å²) in [6.07, 6.45) is 3.48. The molecule has 4 heterocycles. The third-order valence-corrected chi connectivity index (χ3v) is 12.0. The van der Waals surface area contributed by atoms with Gasteiger partial charge in [-0.05, 0) is 54.4 Å². The first-order chi connectivity index (χ1) is 22.0. The van der Waals surface area contributed by atoms with Gasteiger partial charge < -0.3 is 24.5 Å². The first-order valence-corrected chi connectivity index (χ1v) is 19.9. The molecule has 8 atom stereocenters. The van der Waals surface area contributed by atoms with Gasteiger partial charge in [0.1, 0.15) is 0 Å². The summed E-state index contributed by atoms with van der Waals surface area (Å²) in [6, 6.07) is 0. The molecule has 2 radical (unpaired) electrons. The van der Waals surface area contributed by atoms with Gasteiger partial charge in [-0.3, -0.25) is 14.7 Å². The van der Waals surface area contributed by atoms with Crippen LogP contribution in [0.2, 0.25) is 0 Å². The van der Waals surface area contributed by atoms with Crippen LogP contribution in [0.4, 0.5) is 0 Å². The van der Waals surface area contributed by atoms with Crippen LogP contribution in [0.3, 0.4) is 0 Å². The van der Waals surface area contributed by atoms with Crippen LogP contribution in [0.15, 0.2) is 0 Å². The van der Waals surface area contributed by atoms with Crippen LogP contribution in [-0.4, -0.2) is 206 Å². The number of halogens is 4. The summed E-state index contributed by atoms with van der Waals surface area (Å²) in [6.45, 7) is 28.5. The number of unbranched alkanes of at least 4 members (excludes halogenated alkanes) is 1. The summed E-state index contributed by atoms with van der Waals surface area (Å²) in [7, 11) is 8.78. The van der Waals surface area contributed by atoms with E-state index in [1.54, 1.807) is 0 Å². The van der Waals surface area contributed by atoms with Crippen molar-refractivity contribution in [3.05, 3.63) is 0 Å². The second-order valence-corrected chi connectivity index (χ2v) is 19.4. The molecule has 49 heavy (non-hydrogen) atoms. The predicted octanol–water partition coefficient (Wildman–Crippen LogP) is 4.53. The number of nitrogens with zero attached hydrogens (tertiary/aromatic N) is 8. The van der Waals surface area contributed by atoms with Gasteiger partial charge in [0.25, 0.3) is 0 Å². The van der Waals surface area contributed by atoms with Gasteiger partial charge in [-0.15, -0.1) is 23.2 Å². The number of rotatable bonds is 3. The second-order valence-electron chi connectivity index (χ2n) is 16.2. The number of likely N-dealkylation sites (N-methyl/N-ethyl adjacent to an activating group) is 4. The van der Waals surface area contributed by atoms with Crippen molar-refractivity contribution in [1.29, 1.82) is 0 Å². The summed E-state index contributed by atoms with van der Waals surface area (Å²) in [5.41, 5.74) is 0. The quantitative estimate of drug-likeness (QED) is 0.233. The van der Waals surface area contributed by atoms with E-state index in [1.165, 1.54) is 12.8 Å². The Morgan fingerprint density at radius 3 is 1.47 bits per heavy atom. The molecule has 0 aromatic heterocycles. The zero-order valence-electron chi connectivity index (χ0n) is 32.1. The molecule has 4 bridgehead atoms. The van der Waals surface area contributed by atoms with Gasteiger partial charge in [0.05, 0.1) is 9.75 Å². The van der Waals surface area contributed by atoms with Crippen molar-refractivity contribution in [2.24, 2.45) is 11.8 Å². The Bertz CT molecular complexity index is 874. The SMILES string of the molecule is CCCCC1CN(C)CCN2CCN(CCN(C)CC(C)C2)C1(Cl)Cl.CN1CCN2CCN(CCN(C)CC(C)(Cl)C2)CC(C)(Cl)C1.[Mn+2].[Mn+2]. The summed E-state index contributed by atoms with van der Waals surface area (Å²) in [5, 5.41) is 0. The van der Waals surface area contributed by atoms with E-state index in [9.17, 15) is 0 Å². The summed E-state index contributed by atoms with van der Waals surface area (Å²) >= 11 is 27.7. The van der Waals surface area contributed by atoms with Gasteiger partial charge >= 0.3 is 34.1 Å². The Morgan fingerprint density at radius 2 is 0.939 bits per heavy atom. The minimum Gasteiger partial charge on any atom is -0.305 e. The van der Waals surface area contributed by atoms with Crippen LogP contribution in [0.1, 0.15) is 47.0 Å². The topological polar surface area (TPSA) is 25.9 Å². The molecule has 288 valence electrons. The third-order valence-electron chi connectivity index (χ3n) is 10.4. The molecule has 4 fully saturated rings. The van der Waals surface area contributed by atoms with Gasteiger partial charge in [-0.25, -0.2) is 0 Å². The van der Waals surface area contributed by atoms with Crippen molar-refractivity contribution in [1.82, 2.24) is 39.2 Å². The van der Waals surface area contributed by atoms with Gasteiger partial charge in [-0.1, -0.05) is 49.9 Å². The largest absolute Gasteiger partial charge is 2.00 e. The van der Waals surface area contributed by atoms with Crippen molar-refractivity contribution in [3.63, 3.8) is 0 Å². The number of alkyl halides is 4. The van der Waals surface area contributed by atoms with Crippen LogP contribution >= 0.6 is 46.4 Å². The Balaban J connectivity index is 0.000000474. The molecular weight excluding hydrogens is 784 g/mol. The summed E-state index contributed by atoms with van der Waals surface area (Å²) < 4.78 is -0.780. The minimum absolute atomic E-state index is 0. The van der Waals surface area contributed by atoms with Gasteiger partial charge in [0.15, 0.2) is 4.46 Å². The van der Waals surface area contributed by atoms with E-state index in [4.69, 9.17) is 46.4 Å². The summed E-state index contributed by atoms with van der Waals surface area (Å²) in [5.74, 6) is 0.985. The standard InChI is InChI=1S/C19H38Cl2N4.C16H32Cl2N4.2Mn/c1-5-6-7-18-16-23(4)8-10-24-11-13-25(19(18,20)21)12-9-22(3)14-17(2)15-24;1-15(17)11-19(3)5-8-22-10-9-21(13-15)7-6-20(4)12-16(2,18)14-22;;/h17-18H,5-16H2,1-4H3;5-14H2,1-4H3;;/q;;2*+2. The Kier molecular flexibility index (Phi) is 23.0. The first kappa shape index (κ1) is 48.9. The van der Waals surface area contributed by atoms with E-state index >= 15 is 0 Å². The van der Waals surface area contributed by atoms with Crippen molar-refractivity contribution in [2.45, 2.75) is 61.2 Å². The van der Waals surface area contributed by atoms with E-state index in [2.05, 4.69) is 95.1 Å². The maximum Gasteiger partial charge on any atom is 2.00 e. The maximum atomic E-state index is 7.06. The van der Waals surface area contributed by atoms with Gasteiger partial charge in [0, 0.05) is 130 Å². The van der Waals surface area contributed by atoms with Gasteiger partial charge in [-0.2, -0.15) is 0 Å². The summed E-state index contributed by atoms with van der Waals surface area (Å²) in [4.78, 5) is 19.2. The molecule has 0 spiro atoms. The monoisotopic (exact) mass is 852 g/mol. The van der Waals surface area contributed by atoms with Crippen LogP contribution < -0.4 is 0 Å². The van der Waals surface area contributed by atoms with Crippen molar-refractivity contribution in [3.8, 4) is 0 Å². The molecule has 0 N–H and O–H groups in total. The molecule has 8 nitrogen and oxygen atoms in total.